The Morgan fingerprint density at radius 2 is 1.62 bits per heavy atom. The fourth-order valence-corrected chi connectivity index (χ4v) is 2.78. The Morgan fingerprint density at radius 3 is 2.08 bits per heavy atom. The normalized spacial score (nSPS) is 11.5. The predicted molar refractivity (Wildman–Crippen MR) is 97.9 cm³/mol. The molecular weight excluding hydrogens is 334 g/mol. The molecule has 0 bridgehead atoms. The monoisotopic (exact) mass is 357 g/mol. The van der Waals surface area contributed by atoms with E-state index >= 15 is 0 Å². The Hall–Kier alpha value is -3.02. The molecule has 0 heterocycles. The van der Waals surface area contributed by atoms with Crippen LogP contribution in [0, 0.1) is 6.92 Å². The molecule has 0 aliphatic heterocycles. The van der Waals surface area contributed by atoms with Gasteiger partial charge in [0.1, 0.15) is 17.5 Å². The van der Waals surface area contributed by atoms with Gasteiger partial charge in [0.2, 0.25) is 0 Å². The maximum absolute atomic E-state index is 12.9. The SMILES string of the molecule is COc1cc(C(=O)N(C)C(Cc2ccccc2)C(=O)O)cc(OC)c1C. The van der Waals surface area contributed by atoms with E-state index in [9.17, 15) is 14.7 Å². The summed E-state index contributed by atoms with van der Waals surface area (Å²) in [6.45, 7) is 1.82. The molecule has 2 rings (SSSR count). The van der Waals surface area contributed by atoms with Gasteiger partial charge in [-0.05, 0) is 24.6 Å². The van der Waals surface area contributed by atoms with Crippen molar-refractivity contribution in [2.24, 2.45) is 0 Å². The molecule has 0 spiro atoms. The van der Waals surface area contributed by atoms with Gasteiger partial charge >= 0.3 is 5.97 Å². The Bertz CT molecular complexity index is 763. The number of hydrogen-bond donors (Lipinski definition) is 1. The number of amides is 1. The topological polar surface area (TPSA) is 76.1 Å². The second kappa shape index (κ2) is 8.38. The highest BCUT2D eigenvalue weighted by Gasteiger charge is 2.28. The molecule has 2 aromatic carbocycles. The predicted octanol–water partition coefficient (Wildman–Crippen LogP) is 2.78. The number of methoxy groups -OCH3 is 2. The number of hydrogen-bond acceptors (Lipinski definition) is 4. The number of benzene rings is 2. The summed E-state index contributed by atoms with van der Waals surface area (Å²) in [4.78, 5) is 25.9. The molecule has 26 heavy (non-hydrogen) atoms. The van der Waals surface area contributed by atoms with Crippen LogP contribution in [-0.2, 0) is 11.2 Å². The molecule has 0 aliphatic rings. The van der Waals surface area contributed by atoms with Crippen LogP contribution < -0.4 is 9.47 Å². The number of carbonyl (C=O) groups is 2. The summed E-state index contributed by atoms with van der Waals surface area (Å²) in [5, 5.41) is 9.60. The standard InChI is InChI=1S/C20H23NO5/c1-13-17(25-3)11-15(12-18(13)26-4)19(22)21(2)16(20(23)24)10-14-8-6-5-7-9-14/h5-9,11-12,16H,10H2,1-4H3,(H,23,24). The van der Waals surface area contributed by atoms with Gasteiger partial charge in [0, 0.05) is 24.6 Å². The molecule has 0 radical (unpaired) electrons. The summed E-state index contributed by atoms with van der Waals surface area (Å²) in [6.07, 6.45) is 0.221. The number of nitrogens with zero attached hydrogens (tertiary/aromatic N) is 1. The lowest BCUT2D eigenvalue weighted by Crippen LogP contribution is -2.43. The second-order valence-corrected chi connectivity index (χ2v) is 5.97. The molecule has 0 saturated carbocycles. The molecule has 6 heteroatoms. The number of carboxylic acid groups (broad SMARTS) is 1. The van der Waals surface area contributed by atoms with Crippen LogP contribution in [0.1, 0.15) is 21.5 Å². The first kappa shape index (κ1) is 19.3. The lowest BCUT2D eigenvalue weighted by atomic mass is 10.0. The molecule has 1 N–H and O–H groups in total. The van der Waals surface area contributed by atoms with Crippen LogP contribution >= 0.6 is 0 Å². The van der Waals surface area contributed by atoms with Gasteiger partial charge in [-0.15, -0.1) is 0 Å². The van der Waals surface area contributed by atoms with Crippen molar-refractivity contribution in [3.63, 3.8) is 0 Å². The van der Waals surface area contributed by atoms with Crippen LogP contribution in [0.25, 0.3) is 0 Å². The van der Waals surface area contributed by atoms with Gasteiger partial charge in [-0.2, -0.15) is 0 Å². The van der Waals surface area contributed by atoms with E-state index in [1.165, 1.54) is 26.2 Å². The van der Waals surface area contributed by atoms with Crippen molar-refractivity contribution in [2.75, 3.05) is 21.3 Å². The second-order valence-electron chi connectivity index (χ2n) is 5.97. The van der Waals surface area contributed by atoms with Crippen LogP contribution in [0.4, 0.5) is 0 Å². The van der Waals surface area contributed by atoms with Crippen LogP contribution in [0.15, 0.2) is 42.5 Å². The van der Waals surface area contributed by atoms with Gasteiger partial charge < -0.3 is 19.5 Å². The van der Waals surface area contributed by atoms with Gasteiger partial charge in [0.15, 0.2) is 0 Å². The molecule has 2 aromatic rings. The zero-order valence-corrected chi connectivity index (χ0v) is 15.4. The Balaban J connectivity index is 2.33. The van der Waals surface area contributed by atoms with Crippen molar-refractivity contribution < 1.29 is 24.2 Å². The minimum absolute atomic E-state index is 0.221. The van der Waals surface area contributed by atoms with Crippen LogP contribution in [0.3, 0.4) is 0 Å². The number of likely N-dealkylation sites (N-methyl/N-ethyl adjacent to an activating group) is 1. The molecule has 0 aliphatic carbocycles. The third-order valence-electron chi connectivity index (χ3n) is 4.34. The minimum atomic E-state index is -1.06. The summed E-state index contributed by atoms with van der Waals surface area (Å²) >= 11 is 0. The Morgan fingerprint density at radius 1 is 1.08 bits per heavy atom. The maximum atomic E-state index is 12.9. The van der Waals surface area contributed by atoms with Gasteiger partial charge in [-0.1, -0.05) is 30.3 Å². The lowest BCUT2D eigenvalue weighted by molar-refractivity contribution is -0.141. The van der Waals surface area contributed by atoms with E-state index < -0.39 is 17.9 Å². The number of rotatable bonds is 7. The molecule has 1 amide bonds. The third kappa shape index (κ3) is 4.14. The van der Waals surface area contributed by atoms with Crippen molar-refractivity contribution in [3.05, 3.63) is 59.2 Å². The van der Waals surface area contributed by atoms with Crippen molar-refractivity contribution in [2.45, 2.75) is 19.4 Å². The molecular formula is C20H23NO5. The Kier molecular flexibility index (Phi) is 6.22. The number of aliphatic carboxylic acids is 1. The van der Waals surface area contributed by atoms with Gasteiger partial charge in [0.05, 0.1) is 14.2 Å². The quantitative estimate of drug-likeness (QED) is 0.825. The highest BCUT2D eigenvalue weighted by atomic mass is 16.5. The first-order chi connectivity index (χ1) is 12.4. The third-order valence-corrected chi connectivity index (χ3v) is 4.34. The number of carbonyl (C=O) groups excluding carboxylic acids is 1. The zero-order chi connectivity index (χ0) is 19.3. The molecule has 6 nitrogen and oxygen atoms in total. The first-order valence-corrected chi connectivity index (χ1v) is 8.15. The fourth-order valence-electron chi connectivity index (χ4n) is 2.78. The van der Waals surface area contributed by atoms with Crippen LogP contribution in [-0.4, -0.2) is 49.2 Å². The Labute approximate surface area is 153 Å². The summed E-state index contributed by atoms with van der Waals surface area (Å²) < 4.78 is 10.6. The average molecular weight is 357 g/mol. The van der Waals surface area contributed by atoms with Crippen molar-refractivity contribution in [3.8, 4) is 11.5 Å². The lowest BCUT2D eigenvalue weighted by Gasteiger charge is -2.25. The summed E-state index contributed by atoms with van der Waals surface area (Å²) in [5.74, 6) is -0.451. The molecule has 1 atom stereocenters. The minimum Gasteiger partial charge on any atom is -0.496 e. The smallest absolute Gasteiger partial charge is 0.326 e. The van der Waals surface area contributed by atoms with E-state index in [0.717, 1.165) is 11.1 Å². The van der Waals surface area contributed by atoms with Crippen LogP contribution in [0.5, 0.6) is 11.5 Å². The van der Waals surface area contributed by atoms with E-state index in [4.69, 9.17) is 9.47 Å². The highest BCUT2D eigenvalue weighted by molar-refractivity contribution is 5.97. The fraction of sp³-hybridized carbons (Fsp3) is 0.300. The molecule has 0 saturated heterocycles. The van der Waals surface area contributed by atoms with Crippen molar-refractivity contribution in [1.29, 1.82) is 0 Å². The highest BCUT2D eigenvalue weighted by Crippen LogP contribution is 2.30. The molecule has 0 aromatic heterocycles. The molecule has 138 valence electrons. The van der Waals surface area contributed by atoms with Crippen LogP contribution in [0.2, 0.25) is 0 Å². The van der Waals surface area contributed by atoms with E-state index in [2.05, 4.69) is 0 Å². The summed E-state index contributed by atoms with van der Waals surface area (Å²) in [7, 11) is 4.51. The zero-order valence-electron chi connectivity index (χ0n) is 15.4. The molecule has 0 fully saturated rings. The average Bonchev–Trinajstić information content (AvgIpc) is 2.65. The first-order valence-electron chi connectivity index (χ1n) is 8.15. The van der Waals surface area contributed by atoms with E-state index in [1.807, 2.05) is 37.3 Å². The van der Waals surface area contributed by atoms with Crippen molar-refractivity contribution >= 4 is 11.9 Å². The number of carboxylic acids is 1. The van der Waals surface area contributed by atoms with E-state index in [0.29, 0.717) is 17.1 Å². The molecule has 1 unspecified atom stereocenters. The van der Waals surface area contributed by atoms with E-state index in [1.54, 1.807) is 12.1 Å². The maximum Gasteiger partial charge on any atom is 0.326 e. The summed E-state index contributed by atoms with van der Waals surface area (Å²) in [6, 6.07) is 11.4. The van der Waals surface area contributed by atoms with Gasteiger partial charge in [0.25, 0.3) is 5.91 Å². The van der Waals surface area contributed by atoms with Gasteiger partial charge in [-0.25, -0.2) is 4.79 Å². The number of ether oxygens (including phenoxy) is 2. The van der Waals surface area contributed by atoms with Crippen molar-refractivity contribution in [1.82, 2.24) is 4.90 Å². The van der Waals surface area contributed by atoms with Gasteiger partial charge in [-0.3, -0.25) is 4.79 Å². The largest absolute Gasteiger partial charge is 0.496 e. The summed E-state index contributed by atoms with van der Waals surface area (Å²) in [5.41, 5.74) is 1.93. The van der Waals surface area contributed by atoms with E-state index in [-0.39, 0.29) is 6.42 Å².